The monoisotopic (exact) mass is 445 g/mol. The fourth-order valence-corrected chi connectivity index (χ4v) is 3.75. The van der Waals surface area contributed by atoms with Crippen LogP contribution >= 0.6 is 0 Å². The fraction of sp³-hybridized carbons (Fsp3) is 0.200. The Balaban J connectivity index is 1.69. The highest BCUT2D eigenvalue weighted by atomic mass is 32.2. The second kappa shape index (κ2) is 8.96. The number of hydrogen-bond acceptors (Lipinski definition) is 8. The topological polar surface area (TPSA) is 145 Å². The first-order valence-corrected chi connectivity index (χ1v) is 10.7. The van der Waals surface area contributed by atoms with Crippen LogP contribution < -0.4 is 10.0 Å². The van der Waals surface area contributed by atoms with E-state index >= 15 is 0 Å². The van der Waals surface area contributed by atoms with Gasteiger partial charge in [0.15, 0.2) is 18.1 Å². The second-order valence-corrected chi connectivity index (χ2v) is 8.16. The molecule has 0 aliphatic carbocycles. The van der Waals surface area contributed by atoms with Crippen LogP contribution in [0.3, 0.4) is 0 Å². The zero-order valence-corrected chi connectivity index (χ0v) is 17.4. The average Bonchev–Trinajstić information content (AvgIpc) is 3.20. The van der Waals surface area contributed by atoms with Crippen LogP contribution in [0.15, 0.2) is 58.2 Å². The maximum Gasteiger partial charge on any atom is 0.341 e. The molecule has 2 amide bonds. The zero-order valence-electron chi connectivity index (χ0n) is 16.6. The van der Waals surface area contributed by atoms with E-state index in [0.717, 1.165) is 6.92 Å². The van der Waals surface area contributed by atoms with Gasteiger partial charge >= 0.3 is 5.97 Å². The molecule has 0 bridgehead atoms. The number of nitrogens with one attached hydrogen (secondary N) is 2. The molecule has 1 unspecified atom stereocenters. The quantitative estimate of drug-likeness (QED) is 0.527. The maximum absolute atomic E-state index is 12.6. The third-order valence-electron chi connectivity index (χ3n) is 4.20. The van der Waals surface area contributed by atoms with Gasteiger partial charge in [-0.2, -0.15) is 0 Å². The highest BCUT2D eigenvalue weighted by Crippen LogP contribution is 2.19. The van der Waals surface area contributed by atoms with Crippen molar-refractivity contribution < 1.29 is 32.0 Å². The number of esters is 1. The molecule has 0 aliphatic rings. The van der Waals surface area contributed by atoms with Crippen molar-refractivity contribution in [2.24, 2.45) is 0 Å². The van der Waals surface area contributed by atoms with Crippen molar-refractivity contribution in [1.82, 2.24) is 9.71 Å². The van der Waals surface area contributed by atoms with E-state index in [4.69, 9.17) is 9.15 Å². The number of amides is 2. The van der Waals surface area contributed by atoms with Crippen molar-refractivity contribution in [1.29, 1.82) is 0 Å². The van der Waals surface area contributed by atoms with E-state index < -0.39 is 33.9 Å². The first-order chi connectivity index (χ1) is 14.7. The third kappa shape index (κ3) is 5.07. The Bertz CT molecular complexity index is 1230. The van der Waals surface area contributed by atoms with Crippen molar-refractivity contribution in [2.75, 3.05) is 5.32 Å². The van der Waals surface area contributed by atoms with Crippen molar-refractivity contribution >= 4 is 44.6 Å². The Morgan fingerprint density at radius 1 is 1.13 bits per heavy atom. The molecule has 0 radical (unpaired) electrons. The number of carbonyl (C=O) groups is 3. The number of carbonyl (C=O) groups excluding carboxylic acids is 3. The van der Waals surface area contributed by atoms with Gasteiger partial charge in [-0.05, 0) is 42.8 Å². The highest BCUT2D eigenvalue weighted by Gasteiger charge is 2.24. The smallest absolute Gasteiger partial charge is 0.341 e. The minimum atomic E-state index is -3.98. The Morgan fingerprint density at radius 2 is 1.84 bits per heavy atom. The molecule has 31 heavy (non-hydrogen) atoms. The number of para-hydroxylation sites is 1. The van der Waals surface area contributed by atoms with Crippen molar-refractivity contribution in [3.8, 4) is 0 Å². The fourth-order valence-electron chi connectivity index (χ4n) is 2.75. The first-order valence-electron chi connectivity index (χ1n) is 9.18. The van der Waals surface area contributed by atoms with E-state index in [9.17, 15) is 22.8 Å². The van der Waals surface area contributed by atoms with E-state index in [1.54, 1.807) is 19.1 Å². The molecule has 1 atom stereocenters. The molecule has 2 N–H and O–H groups in total. The van der Waals surface area contributed by atoms with Crippen LogP contribution in [-0.2, 0) is 24.3 Å². The predicted octanol–water partition coefficient (Wildman–Crippen LogP) is 2.23. The van der Waals surface area contributed by atoms with Crippen LogP contribution in [0, 0.1) is 0 Å². The molecule has 3 rings (SSSR count). The van der Waals surface area contributed by atoms with Crippen LogP contribution in [0.5, 0.6) is 0 Å². The van der Waals surface area contributed by atoms with E-state index in [2.05, 4.69) is 10.3 Å². The Kier molecular flexibility index (Phi) is 6.35. The molecule has 0 aliphatic heterocycles. The number of hydrogen-bond donors (Lipinski definition) is 2. The number of rotatable bonds is 7. The summed E-state index contributed by atoms with van der Waals surface area (Å²) in [5.41, 5.74) is 1.21. The van der Waals surface area contributed by atoms with Crippen LogP contribution in [-0.4, -0.2) is 37.3 Å². The highest BCUT2D eigenvalue weighted by molar-refractivity contribution is 7.90. The maximum atomic E-state index is 12.6. The summed E-state index contributed by atoms with van der Waals surface area (Å²) in [6.45, 7) is 2.76. The molecule has 0 spiro atoms. The van der Waals surface area contributed by atoms with Gasteiger partial charge in [-0.15, -0.1) is 0 Å². The summed E-state index contributed by atoms with van der Waals surface area (Å²) in [5.74, 6) is -2.02. The normalized spacial score (nSPS) is 12.2. The number of oxazole rings is 1. The number of fused-ring (bicyclic) bond motifs is 1. The molecule has 11 heteroatoms. The van der Waals surface area contributed by atoms with Crippen LogP contribution in [0.2, 0.25) is 0 Å². The third-order valence-corrected chi connectivity index (χ3v) is 5.65. The molecular formula is C20H19N3O7S. The Morgan fingerprint density at radius 3 is 2.48 bits per heavy atom. The van der Waals surface area contributed by atoms with Crippen LogP contribution in [0.4, 0.5) is 5.69 Å². The lowest BCUT2D eigenvalue weighted by atomic mass is 10.2. The van der Waals surface area contributed by atoms with Gasteiger partial charge in [-0.25, -0.2) is 22.9 Å². The summed E-state index contributed by atoms with van der Waals surface area (Å²) in [5, 5.41) is 2.57. The molecular weight excluding hydrogens is 426 g/mol. The largest absolute Gasteiger partial charge is 0.449 e. The molecule has 3 aromatic rings. The van der Waals surface area contributed by atoms with E-state index in [1.807, 2.05) is 4.72 Å². The standard InChI is InChI=1S/C20H19N3O7S/c1-3-16(30-20(26)15-5-4-6-17-18(15)21-11-29-17)19(25)22-13-7-9-14(10-8-13)31(27,28)23-12(2)24/h4-11,16H,3H2,1-2H3,(H,22,25)(H,23,24). The van der Waals surface area contributed by atoms with Gasteiger partial charge in [0, 0.05) is 12.6 Å². The molecule has 1 aromatic heterocycles. The minimum absolute atomic E-state index is 0.139. The average molecular weight is 445 g/mol. The van der Waals surface area contributed by atoms with Crippen molar-refractivity contribution in [2.45, 2.75) is 31.3 Å². The Labute approximate surface area is 177 Å². The molecule has 1 heterocycles. The van der Waals surface area contributed by atoms with Crippen molar-refractivity contribution in [3.63, 3.8) is 0 Å². The molecule has 0 fully saturated rings. The number of nitrogens with zero attached hydrogens (tertiary/aromatic N) is 1. The number of sulfonamides is 1. The van der Waals surface area contributed by atoms with Gasteiger partial charge < -0.3 is 14.5 Å². The summed E-state index contributed by atoms with van der Waals surface area (Å²) < 4.78 is 36.3. The SMILES string of the molecule is CCC(OC(=O)c1cccc2ocnc12)C(=O)Nc1ccc(S(=O)(=O)NC(C)=O)cc1. The van der Waals surface area contributed by atoms with E-state index in [-0.39, 0.29) is 16.9 Å². The van der Waals surface area contributed by atoms with Gasteiger partial charge in [0.05, 0.1) is 10.5 Å². The van der Waals surface area contributed by atoms with Gasteiger partial charge in [0.25, 0.3) is 15.9 Å². The van der Waals surface area contributed by atoms with Gasteiger partial charge in [-0.1, -0.05) is 13.0 Å². The molecule has 2 aromatic carbocycles. The van der Waals surface area contributed by atoms with Crippen LogP contribution in [0.25, 0.3) is 11.1 Å². The molecule has 162 valence electrons. The molecule has 0 saturated carbocycles. The lowest BCUT2D eigenvalue weighted by Gasteiger charge is -2.16. The lowest BCUT2D eigenvalue weighted by molar-refractivity contribution is -0.124. The van der Waals surface area contributed by atoms with Crippen LogP contribution in [0.1, 0.15) is 30.6 Å². The molecule has 10 nitrogen and oxygen atoms in total. The summed E-state index contributed by atoms with van der Waals surface area (Å²) in [7, 11) is -3.98. The van der Waals surface area contributed by atoms with Gasteiger partial charge in [0.2, 0.25) is 5.91 Å². The van der Waals surface area contributed by atoms with Gasteiger partial charge in [0.1, 0.15) is 5.52 Å². The molecule has 0 saturated heterocycles. The number of benzene rings is 2. The number of anilines is 1. The summed E-state index contributed by atoms with van der Waals surface area (Å²) >= 11 is 0. The summed E-state index contributed by atoms with van der Waals surface area (Å²) in [4.78, 5) is 39.9. The minimum Gasteiger partial charge on any atom is -0.449 e. The predicted molar refractivity (Wildman–Crippen MR) is 110 cm³/mol. The van der Waals surface area contributed by atoms with E-state index in [0.29, 0.717) is 16.8 Å². The Hall–Kier alpha value is -3.73. The summed E-state index contributed by atoms with van der Waals surface area (Å²) in [6, 6.07) is 9.97. The van der Waals surface area contributed by atoms with E-state index in [1.165, 1.54) is 36.7 Å². The first kappa shape index (κ1) is 22.0. The van der Waals surface area contributed by atoms with Gasteiger partial charge in [-0.3, -0.25) is 9.59 Å². The van der Waals surface area contributed by atoms with Crippen molar-refractivity contribution in [3.05, 3.63) is 54.4 Å². The number of ether oxygens (including phenoxy) is 1. The number of aromatic nitrogens is 1. The zero-order chi connectivity index (χ0) is 22.6. The summed E-state index contributed by atoms with van der Waals surface area (Å²) in [6.07, 6.45) is 0.334. The second-order valence-electron chi connectivity index (χ2n) is 6.48. The lowest BCUT2D eigenvalue weighted by Crippen LogP contribution is -2.32.